The van der Waals surface area contributed by atoms with Crippen LogP contribution >= 0.6 is 0 Å². The predicted octanol–water partition coefficient (Wildman–Crippen LogP) is 3.49. The molecule has 2 aromatic heterocycles. The summed E-state index contributed by atoms with van der Waals surface area (Å²) >= 11 is 0. The van der Waals surface area contributed by atoms with Crippen molar-refractivity contribution in [3.05, 3.63) is 65.6 Å². The fraction of sp³-hybridized carbons (Fsp3) is 0.348. The minimum Gasteiger partial charge on any atom is -0.487 e. The molecule has 1 aromatic carbocycles. The van der Waals surface area contributed by atoms with E-state index in [1.807, 2.05) is 48.8 Å². The van der Waals surface area contributed by atoms with Crippen molar-refractivity contribution < 1.29 is 19.1 Å². The lowest BCUT2D eigenvalue weighted by Gasteiger charge is -2.23. The normalized spacial score (nSPS) is 11.9. The van der Waals surface area contributed by atoms with Crippen LogP contribution in [-0.2, 0) is 16.1 Å². The third-order valence-corrected chi connectivity index (χ3v) is 4.88. The standard InChI is InChI=1S/C23H27N3O4/c1-5-25(13-17(3)23(28)29-4)22(27)18-7-6-8-20(11-18)30-15-19-14-26-12-16(2)9-10-21(26)24-19/h6-12,14,17H,5,13,15H2,1-4H3. The van der Waals surface area contributed by atoms with Gasteiger partial charge < -0.3 is 18.8 Å². The van der Waals surface area contributed by atoms with Crippen LogP contribution in [0.2, 0.25) is 0 Å². The smallest absolute Gasteiger partial charge is 0.310 e. The molecule has 1 unspecified atom stereocenters. The number of imidazole rings is 1. The van der Waals surface area contributed by atoms with Crippen LogP contribution in [0.25, 0.3) is 5.65 Å². The van der Waals surface area contributed by atoms with Crippen LogP contribution in [0.15, 0.2) is 48.8 Å². The number of methoxy groups -OCH3 is 1. The van der Waals surface area contributed by atoms with Crippen LogP contribution in [0.5, 0.6) is 5.75 Å². The zero-order valence-corrected chi connectivity index (χ0v) is 17.8. The van der Waals surface area contributed by atoms with Crippen molar-refractivity contribution in [1.82, 2.24) is 14.3 Å². The summed E-state index contributed by atoms with van der Waals surface area (Å²) in [7, 11) is 1.35. The number of benzene rings is 1. The molecule has 0 aliphatic heterocycles. The number of hydrogen-bond donors (Lipinski definition) is 0. The van der Waals surface area contributed by atoms with Crippen molar-refractivity contribution in [3.63, 3.8) is 0 Å². The van der Waals surface area contributed by atoms with Gasteiger partial charge in [-0.1, -0.05) is 19.1 Å². The fourth-order valence-electron chi connectivity index (χ4n) is 3.25. The molecule has 3 rings (SSSR count). The average Bonchev–Trinajstić information content (AvgIpc) is 3.17. The highest BCUT2D eigenvalue weighted by Crippen LogP contribution is 2.18. The Bertz CT molecular complexity index is 1040. The van der Waals surface area contributed by atoms with Crippen molar-refractivity contribution in [2.75, 3.05) is 20.2 Å². The van der Waals surface area contributed by atoms with E-state index < -0.39 is 5.92 Å². The number of carbonyl (C=O) groups excluding carboxylic acids is 2. The predicted molar refractivity (Wildman–Crippen MR) is 113 cm³/mol. The molecule has 158 valence electrons. The molecule has 2 heterocycles. The van der Waals surface area contributed by atoms with Crippen molar-refractivity contribution in [2.24, 2.45) is 5.92 Å². The fourth-order valence-corrected chi connectivity index (χ4v) is 3.25. The van der Waals surface area contributed by atoms with Crippen LogP contribution in [0, 0.1) is 12.8 Å². The number of aryl methyl sites for hydroxylation is 1. The molecule has 3 aromatic rings. The SMILES string of the molecule is CCN(CC(C)C(=O)OC)C(=O)c1cccc(OCc2cn3cc(C)ccc3n2)c1. The summed E-state index contributed by atoms with van der Waals surface area (Å²) in [5.74, 6) is -0.286. The highest BCUT2D eigenvalue weighted by molar-refractivity contribution is 5.94. The number of aromatic nitrogens is 2. The van der Waals surface area contributed by atoms with Crippen molar-refractivity contribution in [3.8, 4) is 5.75 Å². The molecular formula is C23H27N3O4. The van der Waals surface area contributed by atoms with E-state index in [0.29, 0.717) is 31.0 Å². The van der Waals surface area contributed by atoms with Gasteiger partial charge in [0.05, 0.1) is 18.7 Å². The lowest BCUT2D eigenvalue weighted by Crippen LogP contribution is -2.37. The van der Waals surface area contributed by atoms with E-state index in [1.165, 1.54) is 7.11 Å². The van der Waals surface area contributed by atoms with Gasteiger partial charge in [0.15, 0.2) is 0 Å². The van der Waals surface area contributed by atoms with E-state index in [0.717, 1.165) is 16.9 Å². The molecular weight excluding hydrogens is 382 g/mol. The van der Waals surface area contributed by atoms with Crippen LogP contribution in [0.1, 0.15) is 35.5 Å². The average molecular weight is 409 g/mol. The second-order valence-electron chi connectivity index (χ2n) is 7.29. The summed E-state index contributed by atoms with van der Waals surface area (Å²) < 4.78 is 12.6. The maximum atomic E-state index is 12.9. The lowest BCUT2D eigenvalue weighted by molar-refractivity contribution is -0.145. The summed E-state index contributed by atoms with van der Waals surface area (Å²) in [5, 5.41) is 0. The van der Waals surface area contributed by atoms with Crippen LogP contribution < -0.4 is 4.74 Å². The van der Waals surface area contributed by atoms with Gasteiger partial charge in [0, 0.05) is 31.0 Å². The number of pyridine rings is 1. The van der Waals surface area contributed by atoms with Gasteiger partial charge in [0.2, 0.25) is 0 Å². The zero-order valence-electron chi connectivity index (χ0n) is 17.8. The Morgan fingerprint density at radius 3 is 2.73 bits per heavy atom. The van der Waals surface area contributed by atoms with Gasteiger partial charge in [-0.15, -0.1) is 0 Å². The van der Waals surface area contributed by atoms with Gasteiger partial charge in [0.1, 0.15) is 18.0 Å². The summed E-state index contributed by atoms with van der Waals surface area (Å²) in [6.07, 6.45) is 3.95. The Labute approximate surface area is 176 Å². The number of hydrogen-bond acceptors (Lipinski definition) is 5. The third kappa shape index (κ3) is 4.97. The highest BCUT2D eigenvalue weighted by atomic mass is 16.5. The maximum Gasteiger partial charge on any atom is 0.310 e. The van der Waals surface area contributed by atoms with Gasteiger partial charge >= 0.3 is 5.97 Å². The molecule has 0 fully saturated rings. The molecule has 0 saturated heterocycles. The molecule has 0 aliphatic carbocycles. The summed E-state index contributed by atoms with van der Waals surface area (Å²) in [4.78, 5) is 30.8. The third-order valence-electron chi connectivity index (χ3n) is 4.88. The minimum atomic E-state index is -0.392. The molecule has 0 saturated carbocycles. The molecule has 0 N–H and O–H groups in total. The first-order valence-electron chi connectivity index (χ1n) is 9.95. The van der Waals surface area contributed by atoms with Crippen LogP contribution in [0.3, 0.4) is 0 Å². The molecule has 7 nitrogen and oxygen atoms in total. The zero-order chi connectivity index (χ0) is 21.7. The summed E-state index contributed by atoms with van der Waals surface area (Å²) in [6, 6.07) is 11.0. The molecule has 0 bridgehead atoms. The van der Waals surface area contributed by atoms with E-state index in [2.05, 4.69) is 4.98 Å². The summed E-state index contributed by atoms with van der Waals surface area (Å²) in [5.41, 5.74) is 3.33. The van der Waals surface area contributed by atoms with E-state index in [4.69, 9.17) is 9.47 Å². The summed E-state index contributed by atoms with van der Waals surface area (Å²) in [6.45, 7) is 6.75. The second kappa shape index (κ2) is 9.43. The van der Waals surface area contributed by atoms with E-state index in [-0.39, 0.29) is 11.9 Å². The van der Waals surface area contributed by atoms with Crippen LogP contribution in [0.4, 0.5) is 0 Å². The van der Waals surface area contributed by atoms with E-state index in [9.17, 15) is 9.59 Å². The molecule has 30 heavy (non-hydrogen) atoms. The molecule has 0 radical (unpaired) electrons. The van der Waals surface area contributed by atoms with Crippen molar-refractivity contribution in [1.29, 1.82) is 0 Å². The van der Waals surface area contributed by atoms with Crippen molar-refractivity contribution >= 4 is 17.5 Å². The quantitative estimate of drug-likeness (QED) is 0.533. The maximum absolute atomic E-state index is 12.9. The largest absolute Gasteiger partial charge is 0.487 e. The molecule has 1 atom stereocenters. The number of fused-ring (bicyclic) bond motifs is 1. The molecule has 7 heteroatoms. The topological polar surface area (TPSA) is 73.1 Å². The first-order chi connectivity index (χ1) is 14.4. The number of amides is 1. The number of nitrogens with zero attached hydrogens (tertiary/aromatic N) is 3. The number of carbonyl (C=O) groups is 2. The Hall–Kier alpha value is -3.35. The number of ether oxygens (including phenoxy) is 2. The van der Waals surface area contributed by atoms with Gasteiger partial charge in [-0.3, -0.25) is 9.59 Å². The highest BCUT2D eigenvalue weighted by Gasteiger charge is 2.21. The Balaban J connectivity index is 1.68. The number of rotatable bonds is 8. The Morgan fingerprint density at radius 2 is 2.00 bits per heavy atom. The van der Waals surface area contributed by atoms with Gasteiger partial charge in [0.25, 0.3) is 5.91 Å². The first kappa shape index (κ1) is 21.4. The van der Waals surface area contributed by atoms with Crippen molar-refractivity contribution in [2.45, 2.75) is 27.4 Å². The Kier molecular flexibility index (Phi) is 6.72. The van der Waals surface area contributed by atoms with Gasteiger partial charge in [-0.25, -0.2) is 4.98 Å². The van der Waals surface area contributed by atoms with E-state index in [1.54, 1.807) is 30.0 Å². The second-order valence-corrected chi connectivity index (χ2v) is 7.29. The van der Waals surface area contributed by atoms with Crippen LogP contribution in [-0.4, -0.2) is 46.4 Å². The Morgan fingerprint density at radius 1 is 1.20 bits per heavy atom. The first-order valence-corrected chi connectivity index (χ1v) is 9.95. The molecule has 1 amide bonds. The minimum absolute atomic E-state index is 0.151. The lowest BCUT2D eigenvalue weighted by atomic mass is 10.1. The van der Waals surface area contributed by atoms with Gasteiger partial charge in [-0.2, -0.15) is 0 Å². The van der Waals surface area contributed by atoms with E-state index >= 15 is 0 Å². The molecule has 0 aliphatic rings. The monoisotopic (exact) mass is 409 g/mol. The number of esters is 1. The van der Waals surface area contributed by atoms with Gasteiger partial charge in [-0.05, 0) is 43.7 Å². The molecule has 0 spiro atoms.